The molecule has 0 N–H and O–H groups in total. The Hall–Kier alpha value is -1.39. The maximum absolute atomic E-state index is 11.6. The highest BCUT2D eigenvalue weighted by Crippen LogP contribution is 2.14. The first-order valence-electron chi connectivity index (χ1n) is 4.41. The van der Waals surface area contributed by atoms with Gasteiger partial charge < -0.3 is 0 Å². The average molecular weight is 193 g/mol. The predicted molar refractivity (Wildman–Crippen MR) is 52.1 cm³/mol. The molecule has 0 fully saturated rings. The lowest BCUT2D eigenvalue weighted by Gasteiger charge is -2.21. The van der Waals surface area contributed by atoms with Crippen molar-refractivity contribution >= 4 is 5.78 Å². The fourth-order valence-electron chi connectivity index (χ4n) is 0.808. The van der Waals surface area contributed by atoms with Gasteiger partial charge in [0.05, 0.1) is 31.8 Å². The smallest absolute Gasteiger partial charge is 0.152 e. The number of nitriles is 2. The van der Waals surface area contributed by atoms with Crippen LogP contribution in [-0.4, -0.2) is 30.3 Å². The van der Waals surface area contributed by atoms with Crippen LogP contribution in [0.2, 0.25) is 0 Å². The van der Waals surface area contributed by atoms with Crippen molar-refractivity contribution < 1.29 is 4.79 Å². The second kappa shape index (κ2) is 5.36. The van der Waals surface area contributed by atoms with Crippen LogP contribution in [0.4, 0.5) is 0 Å². The van der Waals surface area contributed by atoms with Crippen molar-refractivity contribution in [1.29, 1.82) is 10.5 Å². The molecule has 0 aliphatic heterocycles. The highest BCUT2D eigenvalue weighted by Gasteiger charge is 2.23. The minimum absolute atomic E-state index is 0.0444. The van der Waals surface area contributed by atoms with Gasteiger partial charge in [0, 0.05) is 5.41 Å². The summed E-state index contributed by atoms with van der Waals surface area (Å²) in [5.41, 5.74) is -0.414. The molecule has 0 spiro atoms. The molecule has 0 atom stereocenters. The molecule has 14 heavy (non-hydrogen) atoms. The fourth-order valence-corrected chi connectivity index (χ4v) is 0.808. The van der Waals surface area contributed by atoms with E-state index in [4.69, 9.17) is 10.5 Å². The lowest BCUT2D eigenvalue weighted by atomic mass is 9.90. The summed E-state index contributed by atoms with van der Waals surface area (Å²) >= 11 is 0. The maximum atomic E-state index is 11.6. The summed E-state index contributed by atoms with van der Waals surface area (Å²) in [4.78, 5) is 13.1. The summed E-state index contributed by atoms with van der Waals surface area (Å²) in [6.45, 7) is 5.89. The number of nitrogens with zero attached hydrogens (tertiary/aromatic N) is 3. The average Bonchev–Trinajstić information content (AvgIpc) is 2.03. The highest BCUT2D eigenvalue weighted by molar-refractivity contribution is 5.85. The number of ketones is 1. The Balaban J connectivity index is 4.26. The Kier molecular flexibility index (Phi) is 4.83. The minimum atomic E-state index is -0.414. The van der Waals surface area contributed by atoms with Gasteiger partial charge in [0.15, 0.2) is 5.78 Å². The Bertz CT molecular complexity index is 261. The van der Waals surface area contributed by atoms with Crippen molar-refractivity contribution in [3.8, 4) is 12.1 Å². The van der Waals surface area contributed by atoms with Crippen molar-refractivity contribution in [3.63, 3.8) is 0 Å². The molecular formula is C10H15N3O. The second-order valence-electron chi connectivity index (χ2n) is 4.13. The molecule has 0 unspecified atom stereocenters. The molecule has 0 aromatic rings. The molecular weight excluding hydrogens is 178 g/mol. The van der Waals surface area contributed by atoms with Gasteiger partial charge in [-0.15, -0.1) is 0 Å². The monoisotopic (exact) mass is 193 g/mol. The van der Waals surface area contributed by atoms with Crippen LogP contribution >= 0.6 is 0 Å². The number of rotatable bonds is 4. The van der Waals surface area contributed by atoms with E-state index in [1.54, 1.807) is 0 Å². The number of hydrogen-bond donors (Lipinski definition) is 0. The lowest BCUT2D eigenvalue weighted by Crippen LogP contribution is -2.36. The molecule has 0 aromatic heterocycles. The first-order valence-corrected chi connectivity index (χ1v) is 4.41. The molecule has 0 rings (SSSR count). The van der Waals surface area contributed by atoms with Crippen LogP contribution in [0.25, 0.3) is 0 Å². The Labute approximate surface area is 84.7 Å². The van der Waals surface area contributed by atoms with Gasteiger partial charge in [0.1, 0.15) is 0 Å². The zero-order valence-electron chi connectivity index (χ0n) is 8.87. The summed E-state index contributed by atoms with van der Waals surface area (Å²) in [5.74, 6) is 0.0444. The normalized spacial score (nSPS) is 10.7. The maximum Gasteiger partial charge on any atom is 0.152 e. The van der Waals surface area contributed by atoms with Crippen molar-refractivity contribution in [2.45, 2.75) is 20.8 Å². The van der Waals surface area contributed by atoms with E-state index in [1.165, 1.54) is 4.90 Å². The van der Waals surface area contributed by atoms with Crippen molar-refractivity contribution in [1.82, 2.24) is 4.90 Å². The lowest BCUT2D eigenvalue weighted by molar-refractivity contribution is -0.127. The molecule has 76 valence electrons. The first-order chi connectivity index (χ1) is 6.41. The van der Waals surface area contributed by atoms with Crippen LogP contribution in [0.3, 0.4) is 0 Å². The SMILES string of the molecule is CC(C)(C)C(=O)CN(CC#N)CC#N. The van der Waals surface area contributed by atoms with E-state index in [2.05, 4.69) is 0 Å². The minimum Gasteiger partial charge on any atom is -0.298 e. The molecule has 0 saturated heterocycles. The van der Waals surface area contributed by atoms with E-state index >= 15 is 0 Å². The third kappa shape index (κ3) is 4.59. The van der Waals surface area contributed by atoms with Crippen LogP contribution in [0.5, 0.6) is 0 Å². The molecule has 0 aliphatic rings. The first kappa shape index (κ1) is 12.6. The standard InChI is InChI=1S/C10H15N3O/c1-10(2,3)9(14)8-13(6-4-11)7-5-12/h6-8H2,1-3H3. The van der Waals surface area contributed by atoms with Gasteiger partial charge in [-0.2, -0.15) is 10.5 Å². The topological polar surface area (TPSA) is 67.9 Å². The number of carbonyl (C=O) groups excluding carboxylic acids is 1. The van der Waals surface area contributed by atoms with Crippen molar-refractivity contribution in [2.24, 2.45) is 5.41 Å². The van der Waals surface area contributed by atoms with E-state index in [0.717, 1.165) is 0 Å². The third-order valence-electron chi connectivity index (χ3n) is 1.79. The van der Waals surface area contributed by atoms with E-state index in [-0.39, 0.29) is 25.4 Å². The van der Waals surface area contributed by atoms with Crippen LogP contribution in [0, 0.1) is 28.1 Å². The highest BCUT2D eigenvalue weighted by atomic mass is 16.1. The molecule has 0 saturated carbocycles. The number of Topliss-reactive ketones (excluding diaryl/α,β-unsaturated/α-hetero) is 1. The largest absolute Gasteiger partial charge is 0.298 e. The predicted octanol–water partition coefficient (Wildman–Crippen LogP) is 0.951. The van der Waals surface area contributed by atoms with Gasteiger partial charge in [0.2, 0.25) is 0 Å². The Morgan fingerprint density at radius 2 is 1.64 bits per heavy atom. The van der Waals surface area contributed by atoms with Crippen LogP contribution in [0.1, 0.15) is 20.8 Å². The van der Waals surface area contributed by atoms with Gasteiger partial charge in [-0.1, -0.05) is 20.8 Å². The van der Waals surface area contributed by atoms with Gasteiger partial charge in [-0.05, 0) is 0 Å². The summed E-state index contributed by atoms with van der Waals surface area (Å²) < 4.78 is 0. The Morgan fingerprint density at radius 1 is 1.21 bits per heavy atom. The molecule has 4 nitrogen and oxygen atoms in total. The summed E-state index contributed by atoms with van der Waals surface area (Å²) in [6.07, 6.45) is 0. The molecule has 0 amide bonds. The number of hydrogen-bond acceptors (Lipinski definition) is 4. The van der Waals surface area contributed by atoms with Crippen LogP contribution in [0.15, 0.2) is 0 Å². The van der Waals surface area contributed by atoms with Gasteiger partial charge in [0.25, 0.3) is 0 Å². The van der Waals surface area contributed by atoms with Crippen LogP contribution in [-0.2, 0) is 4.79 Å². The zero-order chi connectivity index (χ0) is 11.2. The molecule has 0 radical (unpaired) electrons. The fraction of sp³-hybridized carbons (Fsp3) is 0.700. The van der Waals surface area contributed by atoms with Gasteiger partial charge in [-0.3, -0.25) is 9.69 Å². The van der Waals surface area contributed by atoms with E-state index in [9.17, 15) is 4.79 Å². The molecule has 0 bridgehead atoms. The summed E-state index contributed by atoms with van der Waals surface area (Å²) in [6, 6.07) is 3.86. The second-order valence-corrected chi connectivity index (χ2v) is 4.13. The zero-order valence-corrected chi connectivity index (χ0v) is 8.87. The Morgan fingerprint density at radius 3 is 1.93 bits per heavy atom. The summed E-state index contributed by atoms with van der Waals surface area (Å²) in [5, 5.41) is 16.9. The molecule has 0 aromatic carbocycles. The van der Waals surface area contributed by atoms with Crippen molar-refractivity contribution in [3.05, 3.63) is 0 Å². The molecule has 0 heterocycles. The van der Waals surface area contributed by atoms with E-state index in [1.807, 2.05) is 32.9 Å². The third-order valence-corrected chi connectivity index (χ3v) is 1.79. The van der Waals surface area contributed by atoms with Gasteiger partial charge in [-0.25, -0.2) is 0 Å². The van der Waals surface area contributed by atoms with E-state index in [0.29, 0.717) is 0 Å². The number of carbonyl (C=O) groups is 1. The molecule has 0 aliphatic carbocycles. The molecule has 4 heteroatoms. The van der Waals surface area contributed by atoms with Crippen LogP contribution < -0.4 is 0 Å². The van der Waals surface area contributed by atoms with Crippen molar-refractivity contribution in [2.75, 3.05) is 19.6 Å². The van der Waals surface area contributed by atoms with E-state index < -0.39 is 5.41 Å². The van der Waals surface area contributed by atoms with Gasteiger partial charge >= 0.3 is 0 Å². The quantitative estimate of drug-likeness (QED) is 0.623. The summed E-state index contributed by atoms with van der Waals surface area (Å²) in [7, 11) is 0.